The summed E-state index contributed by atoms with van der Waals surface area (Å²) in [6, 6.07) is 2.14. The van der Waals surface area contributed by atoms with Gasteiger partial charge in [0.25, 0.3) is 0 Å². The lowest BCUT2D eigenvalue weighted by Crippen LogP contribution is -2.16. The van der Waals surface area contributed by atoms with Gasteiger partial charge in [0.1, 0.15) is 5.82 Å². The van der Waals surface area contributed by atoms with Crippen molar-refractivity contribution in [2.24, 2.45) is 11.5 Å². The normalized spacial score (nSPS) is 13.9. The summed E-state index contributed by atoms with van der Waals surface area (Å²) in [5, 5.41) is 0. The van der Waals surface area contributed by atoms with Gasteiger partial charge in [0.2, 0.25) is 0 Å². The van der Waals surface area contributed by atoms with E-state index < -0.39 is 23.6 Å². The first-order valence-electron chi connectivity index (χ1n) is 4.68. The van der Waals surface area contributed by atoms with Gasteiger partial charge >= 0.3 is 6.18 Å². The summed E-state index contributed by atoms with van der Waals surface area (Å²) in [4.78, 5) is 0. The van der Waals surface area contributed by atoms with E-state index in [0.717, 1.165) is 6.07 Å². The second-order valence-electron chi connectivity index (χ2n) is 3.42. The Kier molecular flexibility index (Phi) is 3.88. The van der Waals surface area contributed by atoms with Gasteiger partial charge in [0, 0.05) is 6.04 Å². The summed E-state index contributed by atoms with van der Waals surface area (Å²) in [5.74, 6) is -1.31. The number of hydrogen-bond donors (Lipinski definition) is 2. The van der Waals surface area contributed by atoms with Gasteiger partial charge in [-0.15, -0.1) is 0 Å². The molecule has 16 heavy (non-hydrogen) atoms. The van der Waals surface area contributed by atoms with Crippen LogP contribution in [0.5, 0.6) is 0 Å². The fourth-order valence-electron chi connectivity index (χ4n) is 1.34. The molecule has 6 heteroatoms. The summed E-state index contributed by atoms with van der Waals surface area (Å²) < 4.78 is 49.9. The molecule has 0 fully saturated rings. The molecule has 0 aliphatic rings. The van der Waals surface area contributed by atoms with Crippen LogP contribution in [0.2, 0.25) is 0 Å². The summed E-state index contributed by atoms with van der Waals surface area (Å²) in [6.45, 7) is 0.295. The largest absolute Gasteiger partial charge is 0.419 e. The van der Waals surface area contributed by atoms with Crippen LogP contribution in [0.15, 0.2) is 18.2 Å². The van der Waals surface area contributed by atoms with Crippen LogP contribution >= 0.6 is 0 Å². The molecule has 0 amide bonds. The average molecular weight is 236 g/mol. The monoisotopic (exact) mass is 236 g/mol. The van der Waals surface area contributed by atoms with E-state index in [1.165, 1.54) is 6.07 Å². The number of rotatable bonds is 3. The van der Waals surface area contributed by atoms with Crippen LogP contribution < -0.4 is 11.5 Å². The second kappa shape index (κ2) is 4.80. The molecule has 1 aromatic rings. The van der Waals surface area contributed by atoms with Crippen LogP contribution in [0.3, 0.4) is 0 Å². The number of nitrogens with two attached hydrogens (primary N) is 2. The minimum atomic E-state index is -4.68. The van der Waals surface area contributed by atoms with Crippen molar-refractivity contribution in [3.63, 3.8) is 0 Å². The average Bonchev–Trinajstić information content (AvgIpc) is 2.16. The van der Waals surface area contributed by atoms with Gasteiger partial charge in [0.15, 0.2) is 0 Å². The van der Waals surface area contributed by atoms with Gasteiger partial charge in [-0.3, -0.25) is 0 Å². The topological polar surface area (TPSA) is 52.0 Å². The molecule has 0 unspecified atom stereocenters. The zero-order chi connectivity index (χ0) is 12.3. The Labute approximate surface area is 90.2 Å². The van der Waals surface area contributed by atoms with Crippen molar-refractivity contribution in [1.82, 2.24) is 0 Å². The van der Waals surface area contributed by atoms with Crippen LogP contribution in [0.1, 0.15) is 23.6 Å². The Hall–Kier alpha value is -1.14. The summed E-state index contributed by atoms with van der Waals surface area (Å²) >= 11 is 0. The molecule has 4 N–H and O–H groups in total. The Morgan fingerprint density at radius 1 is 1.25 bits per heavy atom. The maximum atomic E-state index is 13.1. The van der Waals surface area contributed by atoms with Gasteiger partial charge < -0.3 is 11.5 Å². The molecule has 0 bridgehead atoms. The van der Waals surface area contributed by atoms with Crippen LogP contribution in [0.25, 0.3) is 0 Å². The smallest absolute Gasteiger partial charge is 0.330 e. The highest BCUT2D eigenvalue weighted by Crippen LogP contribution is 2.32. The Bertz CT molecular complexity index is 362. The third-order valence-electron chi connectivity index (χ3n) is 2.20. The molecule has 90 valence electrons. The SMILES string of the molecule is NCC[C@@H](N)c1ccc(C(F)(F)F)c(F)c1. The van der Waals surface area contributed by atoms with Crippen LogP contribution in [-0.2, 0) is 6.18 Å². The molecule has 0 heterocycles. The molecular formula is C10H12F4N2. The summed E-state index contributed by atoms with van der Waals surface area (Å²) in [7, 11) is 0. The van der Waals surface area contributed by atoms with E-state index in [2.05, 4.69) is 0 Å². The highest BCUT2D eigenvalue weighted by atomic mass is 19.4. The summed E-state index contributed by atoms with van der Waals surface area (Å²) in [6.07, 6.45) is -4.29. The van der Waals surface area contributed by atoms with Gasteiger partial charge in [-0.25, -0.2) is 4.39 Å². The maximum absolute atomic E-state index is 13.1. The van der Waals surface area contributed by atoms with Crippen molar-refractivity contribution in [2.75, 3.05) is 6.54 Å². The van der Waals surface area contributed by atoms with E-state index in [9.17, 15) is 17.6 Å². The molecule has 0 radical (unpaired) electrons. The number of halogens is 4. The van der Waals surface area contributed by atoms with E-state index in [4.69, 9.17) is 11.5 Å². The molecule has 0 aliphatic heterocycles. The Balaban J connectivity index is 3.00. The molecular weight excluding hydrogens is 224 g/mol. The first-order valence-corrected chi connectivity index (χ1v) is 4.68. The third-order valence-corrected chi connectivity index (χ3v) is 2.20. The highest BCUT2D eigenvalue weighted by Gasteiger charge is 2.34. The van der Waals surface area contributed by atoms with E-state index >= 15 is 0 Å². The van der Waals surface area contributed by atoms with Gasteiger partial charge in [-0.2, -0.15) is 13.2 Å². The van der Waals surface area contributed by atoms with Crippen LogP contribution in [0.4, 0.5) is 17.6 Å². The van der Waals surface area contributed by atoms with Crippen LogP contribution in [0, 0.1) is 5.82 Å². The van der Waals surface area contributed by atoms with E-state index in [1.807, 2.05) is 0 Å². The Morgan fingerprint density at radius 2 is 1.88 bits per heavy atom. The van der Waals surface area contributed by atoms with Crippen molar-refractivity contribution in [1.29, 1.82) is 0 Å². The minimum absolute atomic E-state index is 0.295. The fraction of sp³-hybridized carbons (Fsp3) is 0.400. The third kappa shape index (κ3) is 2.93. The fourth-order valence-corrected chi connectivity index (χ4v) is 1.34. The van der Waals surface area contributed by atoms with Crippen molar-refractivity contribution < 1.29 is 17.6 Å². The van der Waals surface area contributed by atoms with Gasteiger partial charge in [0.05, 0.1) is 5.56 Å². The molecule has 1 atom stereocenters. The lowest BCUT2D eigenvalue weighted by atomic mass is 10.0. The predicted octanol–water partition coefficient (Wildman–Crippen LogP) is 2.19. The molecule has 0 aliphatic carbocycles. The molecule has 1 rings (SSSR count). The molecule has 1 aromatic carbocycles. The molecule has 0 saturated carbocycles. The maximum Gasteiger partial charge on any atom is 0.419 e. The van der Waals surface area contributed by atoms with Crippen LogP contribution in [-0.4, -0.2) is 6.54 Å². The van der Waals surface area contributed by atoms with Crippen molar-refractivity contribution in [2.45, 2.75) is 18.6 Å². The van der Waals surface area contributed by atoms with Gasteiger partial charge in [-0.05, 0) is 30.7 Å². The molecule has 0 spiro atoms. The minimum Gasteiger partial charge on any atom is -0.330 e. The zero-order valence-electron chi connectivity index (χ0n) is 8.39. The number of alkyl halides is 3. The van der Waals surface area contributed by atoms with E-state index in [-0.39, 0.29) is 0 Å². The van der Waals surface area contributed by atoms with Crippen molar-refractivity contribution in [3.05, 3.63) is 35.1 Å². The number of benzene rings is 1. The van der Waals surface area contributed by atoms with E-state index in [1.54, 1.807) is 0 Å². The standard InChI is InChI=1S/C10H12F4N2/c11-8-5-6(9(16)3-4-15)1-2-7(8)10(12,13)14/h1-2,5,9H,3-4,15-16H2/t9-/m1/s1. The summed E-state index contributed by atoms with van der Waals surface area (Å²) in [5.41, 5.74) is 9.89. The molecule has 0 aromatic heterocycles. The van der Waals surface area contributed by atoms with E-state index in [0.29, 0.717) is 24.6 Å². The zero-order valence-corrected chi connectivity index (χ0v) is 8.39. The Morgan fingerprint density at radius 3 is 2.31 bits per heavy atom. The number of hydrogen-bond acceptors (Lipinski definition) is 2. The van der Waals surface area contributed by atoms with Gasteiger partial charge in [-0.1, -0.05) is 6.07 Å². The highest BCUT2D eigenvalue weighted by molar-refractivity contribution is 5.28. The molecule has 2 nitrogen and oxygen atoms in total. The lowest BCUT2D eigenvalue weighted by Gasteiger charge is -2.13. The predicted molar refractivity (Wildman–Crippen MR) is 52.0 cm³/mol. The van der Waals surface area contributed by atoms with Crippen molar-refractivity contribution >= 4 is 0 Å². The first kappa shape index (κ1) is 12.9. The lowest BCUT2D eigenvalue weighted by molar-refractivity contribution is -0.140. The van der Waals surface area contributed by atoms with Crippen molar-refractivity contribution in [3.8, 4) is 0 Å². The quantitative estimate of drug-likeness (QED) is 0.790. The second-order valence-corrected chi connectivity index (χ2v) is 3.42. The molecule has 0 saturated heterocycles. The first-order chi connectivity index (χ1) is 7.36.